The van der Waals surface area contributed by atoms with E-state index in [1.807, 2.05) is 39.0 Å². The number of rotatable bonds is 12. The van der Waals surface area contributed by atoms with Gasteiger partial charge in [-0.3, -0.25) is 13.9 Å². The van der Waals surface area contributed by atoms with Gasteiger partial charge in [-0.05, 0) is 62.1 Å². The van der Waals surface area contributed by atoms with Crippen LogP contribution in [0.15, 0.2) is 42.5 Å². The zero-order chi connectivity index (χ0) is 26.2. The van der Waals surface area contributed by atoms with Crippen molar-refractivity contribution in [2.45, 2.75) is 53.1 Å². The van der Waals surface area contributed by atoms with E-state index in [0.717, 1.165) is 40.1 Å². The van der Waals surface area contributed by atoms with Crippen LogP contribution in [0, 0.1) is 13.8 Å². The number of methoxy groups -OCH3 is 1. The second-order valence-corrected chi connectivity index (χ2v) is 10.6. The Bertz CT molecular complexity index is 1120. The van der Waals surface area contributed by atoms with Crippen LogP contribution in [0.25, 0.3) is 0 Å². The van der Waals surface area contributed by atoms with E-state index in [2.05, 4.69) is 5.32 Å². The van der Waals surface area contributed by atoms with E-state index in [9.17, 15) is 18.0 Å². The van der Waals surface area contributed by atoms with Crippen LogP contribution >= 0.6 is 0 Å². The molecule has 0 fully saturated rings. The number of unbranched alkanes of at least 4 members (excludes halogenated alkanes) is 1. The maximum Gasteiger partial charge on any atom is 0.244 e. The van der Waals surface area contributed by atoms with Crippen molar-refractivity contribution in [3.63, 3.8) is 0 Å². The summed E-state index contributed by atoms with van der Waals surface area (Å²) in [5, 5.41) is 2.87. The van der Waals surface area contributed by atoms with Crippen molar-refractivity contribution in [1.82, 2.24) is 10.2 Å². The molecule has 0 radical (unpaired) electrons. The van der Waals surface area contributed by atoms with Crippen LogP contribution in [0.1, 0.15) is 43.4 Å². The van der Waals surface area contributed by atoms with Gasteiger partial charge in [0.1, 0.15) is 18.3 Å². The van der Waals surface area contributed by atoms with Gasteiger partial charge in [-0.15, -0.1) is 0 Å². The van der Waals surface area contributed by atoms with Gasteiger partial charge < -0.3 is 15.0 Å². The molecule has 2 aromatic carbocycles. The fourth-order valence-corrected chi connectivity index (χ4v) is 4.55. The first-order valence-electron chi connectivity index (χ1n) is 11.7. The lowest BCUT2D eigenvalue weighted by Crippen LogP contribution is -2.51. The topological polar surface area (TPSA) is 96.0 Å². The average molecular weight is 504 g/mol. The Labute approximate surface area is 209 Å². The summed E-state index contributed by atoms with van der Waals surface area (Å²) in [7, 11) is -2.19. The number of hydrogen-bond acceptors (Lipinski definition) is 5. The Morgan fingerprint density at radius 2 is 1.74 bits per heavy atom. The van der Waals surface area contributed by atoms with E-state index < -0.39 is 28.5 Å². The average Bonchev–Trinajstić information content (AvgIpc) is 2.82. The third-order valence-electron chi connectivity index (χ3n) is 6.03. The van der Waals surface area contributed by atoms with Gasteiger partial charge in [0.25, 0.3) is 0 Å². The smallest absolute Gasteiger partial charge is 0.244 e. The molecule has 0 aliphatic rings. The summed E-state index contributed by atoms with van der Waals surface area (Å²) in [6, 6.07) is 11.7. The second-order valence-electron chi connectivity index (χ2n) is 8.68. The molecule has 0 heterocycles. The largest absolute Gasteiger partial charge is 0.497 e. The SMILES string of the molecule is CCCCNC(=O)[C@H](C)N(Cc1ccc(OC)cc1)C(=O)CN(c1cccc(C)c1C)S(C)(=O)=O. The highest BCUT2D eigenvalue weighted by Crippen LogP contribution is 2.25. The molecule has 0 aromatic heterocycles. The number of hydrogen-bond donors (Lipinski definition) is 1. The predicted octanol–water partition coefficient (Wildman–Crippen LogP) is 3.41. The van der Waals surface area contributed by atoms with E-state index in [-0.39, 0.29) is 12.5 Å². The van der Waals surface area contributed by atoms with E-state index in [0.29, 0.717) is 18.0 Å². The summed E-state index contributed by atoms with van der Waals surface area (Å²) in [5.74, 6) is -0.0709. The maximum absolute atomic E-state index is 13.6. The van der Waals surface area contributed by atoms with Crippen LogP contribution in [0.5, 0.6) is 5.75 Å². The lowest BCUT2D eigenvalue weighted by atomic mass is 10.1. The molecule has 0 saturated heterocycles. The molecule has 0 bridgehead atoms. The van der Waals surface area contributed by atoms with Crippen molar-refractivity contribution in [3.8, 4) is 5.75 Å². The van der Waals surface area contributed by atoms with Gasteiger partial charge in [-0.1, -0.05) is 37.6 Å². The van der Waals surface area contributed by atoms with Gasteiger partial charge in [0.15, 0.2) is 0 Å². The Hall–Kier alpha value is -3.07. The summed E-state index contributed by atoms with van der Waals surface area (Å²) in [6.07, 6.45) is 2.85. The summed E-state index contributed by atoms with van der Waals surface area (Å²) >= 11 is 0. The molecule has 35 heavy (non-hydrogen) atoms. The van der Waals surface area contributed by atoms with Gasteiger partial charge in [0, 0.05) is 13.1 Å². The van der Waals surface area contributed by atoms with E-state index in [1.54, 1.807) is 38.3 Å². The molecule has 9 heteroatoms. The summed E-state index contributed by atoms with van der Waals surface area (Å²) in [4.78, 5) is 27.9. The summed E-state index contributed by atoms with van der Waals surface area (Å²) < 4.78 is 31.8. The first-order valence-corrected chi connectivity index (χ1v) is 13.6. The van der Waals surface area contributed by atoms with Crippen LogP contribution in [0.4, 0.5) is 5.69 Å². The van der Waals surface area contributed by atoms with Gasteiger partial charge >= 0.3 is 0 Å². The lowest BCUT2D eigenvalue weighted by Gasteiger charge is -2.32. The molecular weight excluding hydrogens is 466 g/mol. The van der Waals surface area contributed by atoms with Gasteiger partial charge in [-0.2, -0.15) is 0 Å². The Morgan fingerprint density at radius 3 is 2.31 bits per heavy atom. The number of sulfonamides is 1. The standard InChI is InChI=1S/C26H37N3O5S/c1-7-8-16-27-26(31)21(4)28(17-22-12-14-23(34-5)15-13-22)25(30)18-29(35(6,32)33)24-11-9-10-19(2)20(24)3/h9-15,21H,7-8,16-18H2,1-6H3,(H,27,31)/t21-/m0/s1. The second kappa shape index (κ2) is 12.6. The van der Waals surface area contributed by atoms with Crippen LogP contribution in [0.2, 0.25) is 0 Å². The van der Waals surface area contributed by atoms with E-state index >= 15 is 0 Å². The Morgan fingerprint density at radius 1 is 1.09 bits per heavy atom. The summed E-state index contributed by atoms with van der Waals surface area (Å²) in [5.41, 5.74) is 2.94. The van der Waals surface area contributed by atoms with Gasteiger partial charge in [0.2, 0.25) is 21.8 Å². The normalized spacial score (nSPS) is 12.1. The third kappa shape index (κ3) is 7.71. The number of nitrogens with one attached hydrogen (secondary N) is 1. The van der Waals surface area contributed by atoms with Crippen molar-refractivity contribution in [1.29, 1.82) is 0 Å². The highest BCUT2D eigenvalue weighted by Gasteiger charge is 2.30. The fourth-order valence-electron chi connectivity index (χ4n) is 3.65. The minimum absolute atomic E-state index is 0.148. The zero-order valence-corrected chi connectivity index (χ0v) is 22.3. The number of benzene rings is 2. The van der Waals surface area contributed by atoms with Crippen LogP contribution in [-0.4, -0.2) is 57.6 Å². The predicted molar refractivity (Wildman–Crippen MR) is 139 cm³/mol. The van der Waals surface area contributed by atoms with Crippen molar-refractivity contribution < 1.29 is 22.7 Å². The number of amides is 2. The minimum Gasteiger partial charge on any atom is -0.497 e. The van der Waals surface area contributed by atoms with Gasteiger partial charge in [-0.25, -0.2) is 8.42 Å². The highest BCUT2D eigenvalue weighted by atomic mass is 32.2. The molecule has 0 aliphatic carbocycles. The lowest BCUT2D eigenvalue weighted by molar-refractivity contribution is -0.139. The molecule has 0 spiro atoms. The van der Waals surface area contributed by atoms with Crippen molar-refractivity contribution in [2.24, 2.45) is 0 Å². The quantitative estimate of drug-likeness (QED) is 0.448. The van der Waals surface area contributed by atoms with Crippen molar-refractivity contribution in [2.75, 3.05) is 30.8 Å². The molecule has 1 atom stereocenters. The maximum atomic E-state index is 13.6. The van der Waals surface area contributed by atoms with Crippen LogP contribution in [-0.2, 0) is 26.2 Å². The van der Waals surface area contributed by atoms with Crippen LogP contribution in [0.3, 0.4) is 0 Å². The van der Waals surface area contributed by atoms with Crippen molar-refractivity contribution >= 4 is 27.5 Å². The number of aryl methyl sites for hydroxylation is 1. The number of carbonyl (C=O) groups excluding carboxylic acids is 2. The van der Waals surface area contributed by atoms with E-state index in [4.69, 9.17) is 4.74 Å². The Balaban J connectivity index is 2.38. The summed E-state index contributed by atoms with van der Waals surface area (Å²) in [6.45, 7) is 7.66. The number of nitrogens with zero attached hydrogens (tertiary/aromatic N) is 2. The zero-order valence-electron chi connectivity index (χ0n) is 21.5. The number of anilines is 1. The monoisotopic (exact) mass is 503 g/mol. The molecule has 0 aliphatic heterocycles. The molecule has 2 rings (SSSR count). The van der Waals surface area contributed by atoms with Gasteiger partial charge in [0.05, 0.1) is 19.1 Å². The van der Waals surface area contributed by atoms with E-state index in [1.165, 1.54) is 4.90 Å². The molecule has 192 valence electrons. The molecule has 8 nitrogen and oxygen atoms in total. The number of ether oxygens (including phenoxy) is 1. The first kappa shape index (κ1) is 28.2. The Kier molecular flexibility index (Phi) is 10.1. The molecule has 0 unspecified atom stereocenters. The molecule has 2 aromatic rings. The highest BCUT2D eigenvalue weighted by molar-refractivity contribution is 7.92. The third-order valence-corrected chi connectivity index (χ3v) is 7.16. The fraction of sp³-hybridized carbons (Fsp3) is 0.462. The van der Waals surface area contributed by atoms with Crippen molar-refractivity contribution in [3.05, 3.63) is 59.2 Å². The van der Waals surface area contributed by atoms with Crippen LogP contribution < -0.4 is 14.4 Å². The number of carbonyl (C=O) groups is 2. The molecular formula is C26H37N3O5S. The molecule has 1 N–H and O–H groups in total. The molecule has 2 amide bonds. The molecule has 0 saturated carbocycles. The first-order chi connectivity index (χ1) is 16.5. The minimum atomic E-state index is -3.76.